The molecule has 1 saturated carbocycles. The molecule has 124 valence electrons. The number of hydrogen-bond donors (Lipinski definition) is 1. The SMILES string of the molecule is O=C(CCC1CCCC1)NCc1ccc(N2CCCC2=O)cc1. The zero-order valence-electron chi connectivity index (χ0n) is 13.7. The van der Waals surface area contributed by atoms with E-state index in [0.717, 1.165) is 36.6 Å². The van der Waals surface area contributed by atoms with E-state index < -0.39 is 0 Å². The Labute approximate surface area is 138 Å². The van der Waals surface area contributed by atoms with Gasteiger partial charge in [0.2, 0.25) is 11.8 Å². The molecular formula is C19H26N2O2. The number of carbonyl (C=O) groups is 2. The normalized spacial score (nSPS) is 18.6. The first-order valence-electron chi connectivity index (χ1n) is 8.88. The third-order valence-corrected chi connectivity index (χ3v) is 5.07. The number of nitrogens with one attached hydrogen (secondary N) is 1. The predicted molar refractivity (Wildman–Crippen MR) is 91.1 cm³/mol. The van der Waals surface area contributed by atoms with Gasteiger partial charge in [0.05, 0.1) is 0 Å². The lowest BCUT2D eigenvalue weighted by molar-refractivity contribution is -0.121. The Balaban J connectivity index is 1.42. The summed E-state index contributed by atoms with van der Waals surface area (Å²) in [4.78, 5) is 25.5. The van der Waals surface area contributed by atoms with Crippen LogP contribution in [0.2, 0.25) is 0 Å². The Hall–Kier alpha value is -1.84. The van der Waals surface area contributed by atoms with Gasteiger partial charge in [0, 0.05) is 31.6 Å². The maximum absolute atomic E-state index is 11.9. The molecule has 4 nitrogen and oxygen atoms in total. The molecule has 0 atom stereocenters. The van der Waals surface area contributed by atoms with Crippen LogP contribution in [0, 0.1) is 5.92 Å². The van der Waals surface area contributed by atoms with Crippen molar-refractivity contribution >= 4 is 17.5 Å². The summed E-state index contributed by atoms with van der Waals surface area (Å²) < 4.78 is 0. The fourth-order valence-electron chi connectivity index (χ4n) is 3.64. The molecule has 1 aromatic rings. The molecule has 0 aromatic heterocycles. The molecule has 3 rings (SSSR count). The Morgan fingerprint density at radius 2 is 1.87 bits per heavy atom. The zero-order chi connectivity index (χ0) is 16.1. The van der Waals surface area contributed by atoms with Gasteiger partial charge in [-0.25, -0.2) is 0 Å². The lowest BCUT2D eigenvalue weighted by Crippen LogP contribution is -2.24. The highest BCUT2D eigenvalue weighted by atomic mass is 16.2. The van der Waals surface area contributed by atoms with Crippen molar-refractivity contribution in [1.82, 2.24) is 5.32 Å². The second-order valence-corrected chi connectivity index (χ2v) is 6.78. The smallest absolute Gasteiger partial charge is 0.227 e. The van der Waals surface area contributed by atoms with Crippen molar-refractivity contribution in [3.8, 4) is 0 Å². The first kappa shape index (κ1) is 16.0. The van der Waals surface area contributed by atoms with E-state index in [1.54, 1.807) is 0 Å². The van der Waals surface area contributed by atoms with Crippen LogP contribution in [0.3, 0.4) is 0 Å². The van der Waals surface area contributed by atoms with Crippen molar-refractivity contribution in [3.63, 3.8) is 0 Å². The molecule has 1 saturated heterocycles. The summed E-state index contributed by atoms with van der Waals surface area (Å²) >= 11 is 0. The van der Waals surface area contributed by atoms with Gasteiger partial charge in [-0.05, 0) is 36.5 Å². The van der Waals surface area contributed by atoms with Crippen molar-refractivity contribution < 1.29 is 9.59 Å². The summed E-state index contributed by atoms with van der Waals surface area (Å²) in [5.74, 6) is 1.12. The molecule has 1 aliphatic carbocycles. The minimum Gasteiger partial charge on any atom is -0.352 e. The molecule has 0 spiro atoms. The van der Waals surface area contributed by atoms with Crippen LogP contribution in [0.15, 0.2) is 24.3 Å². The molecule has 0 radical (unpaired) electrons. The van der Waals surface area contributed by atoms with Crippen LogP contribution in [0.25, 0.3) is 0 Å². The lowest BCUT2D eigenvalue weighted by Gasteiger charge is -2.16. The lowest BCUT2D eigenvalue weighted by atomic mass is 10.0. The maximum Gasteiger partial charge on any atom is 0.227 e. The Bertz CT molecular complexity index is 547. The van der Waals surface area contributed by atoms with Crippen LogP contribution in [0.5, 0.6) is 0 Å². The summed E-state index contributed by atoms with van der Waals surface area (Å²) in [6, 6.07) is 7.95. The number of amides is 2. The summed E-state index contributed by atoms with van der Waals surface area (Å²) in [7, 11) is 0. The van der Waals surface area contributed by atoms with Crippen LogP contribution in [-0.2, 0) is 16.1 Å². The molecular weight excluding hydrogens is 288 g/mol. The molecule has 2 fully saturated rings. The van der Waals surface area contributed by atoms with Crippen molar-refractivity contribution in [2.45, 2.75) is 57.9 Å². The topological polar surface area (TPSA) is 49.4 Å². The first-order valence-corrected chi connectivity index (χ1v) is 8.88. The summed E-state index contributed by atoms with van der Waals surface area (Å²) in [6.07, 6.45) is 8.52. The number of carbonyl (C=O) groups excluding carboxylic acids is 2. The van der Waals surface area contributed by atoms with Crippen molar-refractivity contribution in [1.29, 1.82) is 0 Å². The second-order valence-electron chi connectivity index (χ2n) is 6.78. The highest BCUT2D eigenvalue weighted by molar-refractivity contribution is 5.95. The second kappa shape index (κ2) is 7.62. The third-order valence-electron chi connectivity index (χ3n) is 5.07. The minimum atomic E-state index is 0.149. The van der Waals surface area contributed by atoms with E-state index in [-0.39, 0.29) is 11.8 Å². The molecule has 2 aliphatic rings. The average molecular weight is 314 g/mol. The van der Waals surface area contributed by atoms with Crippen LogP contribution < -0.4 is 10.2 Å². The third kappa shape index (κ3) is 4.34. The van der Waals surface area contributed by atoms with Crippen molar-refractivity contribution in [2.75, 3.05) is 11.4 Å². The fraction of sp³-hybridized carbons (Fsp3) is 0.579. The van der Waals surface area contributed by atoms with Gasteiger partial charge in [0.15, 0.2) is 0 Å². The molecule has 1 aromatic carbocycles. The van der Waals surface area contributed by atoms with E-state index in [2.05, 4.69) is 5.32 Å². The predicted octanol–water partition coefficient (Wildman–Crippen LogP) is 3.40. The Morgan fingerprint density at radius 1 is 1.13 bits per heavy atom. The standard InChI is InChI=1S/C19H26N2O2/c22-18(12-9-15-4-1-2-5-15)20-14-16-7-10-17(11-8-16)21-13-3-6-19(21)23/h7-8,10-11,15H,1-6,9,12-14H2,(H,20,22). The highest BCUT2D eigenvalue weighted by Crippen LogP contribution is 2.28. The molecule has 23 heavy (non-hydrogen) atoms. The average Bonchev–Trinajstić information content (AvgIpc) is 3.23. The summed E-state index contributed by atoms with van der Waals surface area (Å²) in [5, 5.41) is 3.00. The van der Waals surface area contributed by atoms with Crippen LogP contribution >= 0.6 is 0 Å². The van der Waals surface area contributed by atoms with Crippen LogP contribution in [-0.4, -0.2) is 18.4 Å². The van der Waals surface area contributed by atoms with E-state index in [1.807, 2.05) is 29.2 Å². The number of benzene rings is 1. The fourth-order valence-corrected chi connectivity index (χ4v) is 3.64. The summed E-state index contributed by atoms with van der Waals surface area (Å²) in [5.41, 5.74) is 2.04. The zero-order valence-corrected chi connectivity index (χ0v) is 13.7. The molecule has 0 unspecified atom stereocenters. The molecule has 2 amide bonds. The van der Waals surface area contributed by atoms with Crippen molar-refractivity contribution in [3.05, 3.63) is 29.8 Å². The number of hydrogen-bond acceptors (Lipinski definition) is 2. The van der Waals surface area contributed by atoms with Gasteiger partial charge < -0.3 is 10.2 Å². The van der Waals surface area contributed by atoms with Gasteiger partial charge in [-0.1, -0.05) is 37.8 Å². The van der Waals surface area contributed by atoms with Crippen LogP contribution in [0.4, 0.5) is 5.69 Å². The minimum absolute atomic E-state index is 0.149. The van der Waals surface area contributed by atoms with Gasteiger partial charge in [-0.2, -0.15) is 0 Å². The van der Waals surface area contributed by atoms with E-state index in [4.69, 9.17) is 0 Å². The van der Waals surface area contributed by atoms with Gasteiger partial charge in [-0.3, -0.25) is 9.59 Å². The molecule has 1 N–H and O–H groups in total. The molecule has 4 heteroatoms. The summed E-state index contributed by atoms with van der Waals surface area (Å²) in [6.45, 7) is 1.38. The number of anilines is 1. The van der Waals surface area contributed by atoms with E-state index >= 15 is 0 Å². The van der Waals surface area contributed by atoms with E-state index in [9.17, 15) is 9.59 Å². The van der Waals surface area contributed by atoms with E-state index in [0.29, 0.717) is 19.4 Å². The van der Waals surface area contributed by atoms with Gasteiger partial charge in [0.25, 0.3) is 0 Å². The van der Waals surface area contributed by atoms with Gasteiger partial charge in [-0.15, -0.1) is 0 Å². The van der Waals surface area contributed by atoms with Gasteiger partial charge in [0.1, 0.15) is 0 Å². The maximum atomic E-state index is 11.9. The van der Waals surface area contributed by atoms with E-state index in [1.165, 1.54) is 25.7 Å². The van der Waals surface area contributed by atoms with Crippen molar-refractivity contribution in [2.24, 2.45) is 5.92 Å². The first-order chi connectivity index (χ1) is 11.2. The quantitative estimate of drug-likeness (QED) is 0.875. The Kier molecular flexibility index (Phi) is 5.31. The molecule has 1 aliphatic heterocycles. The van der Waals surface area contributed by atoms with Gasteiger partial charge >= 0.3 is 0 Å². The number of nitrogens with zero attached hydrogens (tertiary/aromatic N) is 1. The highest BCUT2D eigenvalue weighted by Gasteiger charge is 2.21. The largest absolute Gasteiger partial charge is 0.352 e. The number of rotatable bonds is 6. The molecule has 0 bridgehead atoms. The van der Waals surface area contributed by atoms with Crippen LogP contribution in [0.1, 0.15) is 56.9 Å². The monoisotopic (exact) mass is 314 g/mol. The molecule has 1 heterocycles. The Morgan fingerprint density at radius 3 is 2.52 bits per heavy atom.